The Balaban J connectivity index is 1.48. The van der Waals surface area contributed by atoms with Crippen molar-refractivity contribution in [2.75, 3.05) is 5.32 Å². The van der Waals surface area contributed by atoms with Gasteiger partial charge in [-0.15, -0.1) is 10.2 Å². The molecule has 0 saturated heterocycles. The van der Waals surface area contributed by atoms with E-state index in [-0.39, 0.29) is 12.3 Å². The highest BCUT2D eigenvalue weighted by Crippen LogP contribution is 2.25. The van der Waals surface area contributed by atoms with E-state index in [1.165, 1.54) is 16.9 Å². The number of benzene rings is 1. The molecule has 0 aliphatic rings. The van der Waals surface area contributed by atoms with Gasteiger partial charge in [-0.3, -0.25) is 9.78 Å². The van der Waals surface area contributed by atoms with Crippen LogP contribution < -0.4 is 5.32 Å². The van der Waals surface area contributed by atoms with Gasteiger partial charge in [0.25, 0.3) is 0 Å². The van der Waals surface area contributed by atoms with Gasteiger partial charge in [0.2, 0.25) is 11.0 Å². The Bertz CT molecular complexity index is 1040. The maximum Gasteiger partial charge on any atom is 0.230 e. The van der Waals surface area contributed by atoms with Gasteiger partial charge >= 0.3 is 0 Å². The molecule has 0 bridgehead atoms. The van der Waals surface area contributed by atoms with E-state index < -0.39 is 0 Å². The van der Waals surface area contributed by atoms with Crippen molar-refractivity contribution < 1.29 is 4.79 Å². The van der Waals surface area contributed by atoms with Crippen molar-refractivity contribution in [2.24, 2.45) is 0 Å². The number of aromatic amines is 1. The van der Waals surface area contributed by atoms with Crippen LogP contribution in [-0.4, -0.2) is 26.1 Å². The molecule has 3 aromatic heterocycles. The number of amides is 1. The molecule has 0 spiro atoms. The Kier molecular flexibility index (Phi) is 3.99. The first-order chi connectivity index (χ1) is 12.2. The van der Waals surface area contributed by atoms with Gasteiger partial charge in [0.05, 0.1) is 6.42 Å². The molecule has 2 N–H and O–H groups in total. The average molecular weight is 349 g/mol. The van der Waals surface area contributed by atoms with Gasteiger partial charge in [-0.25, -0.2) is 0 Å². The van der Waals surface area contributed by atoms with E-state index in [4.69, 9.17) is 0 Å². The van der Waals surface area contributed by atoms with Crippen LogP contribution in [-0.2, 0) is 11.2 Å². The Labute approximate surface area is 148 Å². The number of anilines is 1. The summed E-state index contributed by atoms with van der Waals surface area (Å²) in [6, 6.07) is 11.7. The molecule has 124 valence electrons. The molecule has 1 amide bonds. The molecule has 6 nitrogen and oxygen atoms in total. The van der Waals surface area contributed by atoms with Crippen LogP contribution in [0.15, 0.2) is 48.8 Å². The number of H-pyrrole nitrogens is 1. The first-order valence-corrected chi connectivity index (χ1v) is 8.62. The average Bonchev–Trinajstić information content (AvgIpc) is 3.23. The predicted octanol–water partition coefficient (Wildman–Crippen LogP) is 3.57. The Hall–Kier alpha value is -3.06. The fraction of sp³-hybridized carbons (Fsp3) is 0.111. The maximum absolute atomic E-state index is 12.3. The summed E-state index contributed by atoms with van der Waals surface area (Å²) >= 11 is 1.31. The zero-order valence-corrected chi connectivity index (χ0v) is 14.3. The van der Waals surface area contributed by atoms with Crippen LogP contribution in [0.1, 0.15) is 11.1 Å². The molecule has 0 fully saturated rings. The van der Waals surface area contributed by atoms with E-state index >= 15 is 0 Å². The number of nitrogens with zero attached hydrogens (tertiary/aromatic N) is 3. The maximum atomic E-state index is 12.3. The molecule has 3 heterocycles. The highest BCUT2D eigenvalue weighted by Gasteiger charge is 2.13. The van der Waals surface area contributed by atoms with Crippen molar-refractivity contribution in [1.82, 2.24) is 20.2 Å². The summed E-state index contributed by atoms with van der Waals surface area (Å²) in [5, 5.41) is 13.1. The van der Waals surface area contributed by atoms with Crippen LogP contribution in [0.5, 0.6) is 0 Å². The molecule has 25 heavy (non-hydrogen) atoms. The molecule has 0 radical (unpaired) electrons. The minimum Gasteiger partial charge on any atom is -0.361 e. The first-order valence-electron chi connectivity index (χ1n) is 7.80. The molecule has 7 heteroatoms. The van der Waals surface area contributed by atoms with E-state index in [0.717, 1.165) is 22.2 Å². The summed E-state index contributed by atoms with van der Waals surface area (Å²) in [6.07, 6.45) is 3.86. The number of hydrogen-bond donors (Lipinski definition) is 2. The lowest BCUT2D eigenvalue weighted by atomic mass is 10.1. The lowest BCUT2D eigenvalue weighted by Crippen LogP contribution is -2.14. The topological polar surface area (TPSA) is 83.6 Å². The van der Waals surface area contributed by atoms with Crippen LogP contribution in [0.25, 0.3) is 21.6 Å². The molecular weight excluding hydrogens is 334 g/mol. The number of hydrogen-bond acceptors (Lipinski definition) is 5. The van der Waals surface area contributed by atoms with E-state index in [1.807, 2.05) is 43.5 Å². The van der Waals surface area contributed by atoms with Crippen LogP contribution in [0.3, 0.4) is 0 Å². The summed E-state index contributed by atoms with van der Waals surface area (Å²) in [5.74, 6) is -0.120. The van der Waals surface area contributed by atoms with Gasteiger partial charge in [0.15, 0.2) is 5.01 Å². The van der Waals surface area contributed by atoms with Crippen molar-refractivity contribution in [2.45, 2.75) is 13.3 Å². The molecule has 0 aliphatic carbocycles. The van der Waals surface area contributed by atoms with Gasteiger partial charge < -0.3 is 10.3 Å². The highest BCUT2D eigenvalue weighted by atomic mass is 32.1. The number of carbonyl (C=O) groups excluding carboxylic acids is 1. The molecule has 0 saturated carbocycles. The number of aromatic nitrogens is 4. The second kappa shape index (κ2) is 6.45. The van der Waals surface area contributed by atoms with Crippen molar-refractivity contribution in [3.8, 4) is 10.7 Å². The summed E-state index contributed by atoms with van der Waals surface area (Å²) < 4.78 is 0. The number of pyridine rings is 1. The quantitative estimate of drug-likeness (QED) is 0.590. The molecular formula is C18H15N5OS. The van der Waals surface area contributed by atoms with Gasteiger partial charge in [-0.1, -0.05) is 29.5 Å². The molecule has 1 aromatic carbocycles. The lowest BCUT2D eigenvalue weighted by molar-refractivity contribution is -0.115. The number of fused-ring (bicyclic) bond motifs is 1. The third-order valence-electron chi connectivity index (χ3n) is 3.83. The summed E-state index contributed by atoms with van der Waals surface area (Å²) in [7, 11) is 0. The van der Waals surface area contributed by atoms with Gasteiger partial charge in [0, 0.05) is 23.3 Å². The van der Waals surface area contributed by atoms with Gasteiger partial charge in [-0.2, -0.15) is 0 Å². The Morgan fingerprint density at radius 1 is 1.24 bits per heavy atom. The fourth-order valence-corrected chi connectivity index (χ4v) is 3.39. The number of carbonyl (C=O) groups is 1. The van der Waals surface area contributed by atoms with E-state index in [2.05, 4.69) is 31.5 Å². The van der Waals surface area contributed by atoms with Crippen LogP contribution in [0.2, 0.25) is 0 Å². The highest BCUT2D eigenvalue weighted by molar-refractivity contribution is 7.18. The lowest BCUT2D eigenvalue weighted by Gasteiger charge is -2.00. The normalized spacial score (nSPS) is 10.9. The molecule has 0 unspecified atom stereocenters. The predicted molar refractivity (Wildman–Crippen MR) is 98.5 cm³/mol. The van der Waals surface area contributed by atoms with Crippen LogP contribution >= 0.6 is 11.3 Å². The standard InChI is InChI=1S/C18H15N5OS/c1-11-5-6-13-12(10-20-15(13)8-11)9-16(24)21-18-23-22-17(25-18)14-4-2-3-7-19-14/h2-8,10,20H,9H2,1H3,(H,21,23,24). The van der Waals surface area contributed by atoms with Crippen molar-refractivity contribution in [1.29, 1.82) is 0 Å². The second-order valence-electron chi connectivity index (χ2n) is 5.72. The third kappa shape index (κ3) is 3.27. The van der Waals surface area contributed by atoms with Gasteiger partial charge in [-0.05, 0) is 36.2 Å². The molecule has 4 aromatic rings. The van der Waals surface area contributed by atoms with E-state index in [1.54, 1.807) is 6.20 Å². The minimum absolute atomic E-state index is 0.120. The Morgan fingerprint density at radius 2 is 2.16 bits per heavy atom. The molecule has 4 rings (SSSR count). The summed E-state index contributed by atoms with van der Waals surface area (Å²) in [4.78, 5) is 19.8. The molecule has 0 atom stereocenters. The van der Waals surface area contributed by atoms with Gasteiger partial charge in [0.1, 0.15) is 5.69 Å². The monoisotopic (exact) mass is 349 g/mol. The zero-order chi connectivity index (χ0) is 17.2. The van der Waals surface area contributed by atoms with E-state index in [0.29, 0.717) is 10.1 Å². The number of aryl methyl sites for hydroxylation is 1. The third-order valence-corrected chi connectivity index (χ3v) is 4.69. The van der Waals surface area contributed by atoms with Crippen molar-refractivity contribution in [3.05, 3.63) is 59.9 Å². The number of nitrogens with one attached hydrogen (secondary N) is 2. The van der Waals surface area contributed by atoms with Crippen molar-refractivity contribution in [3.63, 3.8) is 0 Å². The molecule has 0 aliphatic heterocycles. The Morgan fingerprint density at radius 3 is 3.00 bits per heavy atom. The SMILES string of the molecule is Cc1ccc2c(CC(=O)Nc3nnc(-c4ccccn4)s3)c[nH]c2c1. The minimum atomic E-state index is -0.120. The number of rotatable bonds is 4. The second-order valence-corrected chi connectivity index (χ2v) is 6.69. The fourth-order valence-electron chi connectivity index (χ4n) is 2.65. The van der Waals surface area contributed by atoms with Crippen LogP contribution in [0, 0.1) is 6.92 Å². The van der Waals surface area contributed by atoms with Crippen LogP contribution in [0.4, 0.5) is 5.13 Å². The zero-order valence-electron chi connectivity index (χ0n) is 13.5. The smallest absolute Gasteiger partial charge is 0.230 e. The first kappa shape index (κ1) is 15.5. The van der Waals surface area contributed by atoms with E-state index in [9.17, 15) is 4.79 Å². The van der Waals surface area contributed by atoms with Crippen molar-refractivity contribution >= 4 is 33.3 Å². The summed E-state index contributed by atoms with van der Waals surface area (Å²) in [6.45, 7) is 2.04. The largest absolute Gasteiger partial charge is 0.361 e. The summed E-state index contributed by atoms with van der Waals surface area (Å²) in [5.41, 5.74) is 3.92.